The van der Waals surface area contributed by atoms with Crippen molar-refractivity contribution < 1.29 is 8.78 Å². The molecule has 2 aromatic rings. The quantitative estimate of drug-likeness (QED) is 0.790. The maximum atomic E-state index is 13.9. The van der Waals surface area contributed by atoms with Crippen LogP contribution >= 0.6 is 22.6 Å². The highest BCUT2D eigenvalue weighted by molar-refractivity contribution is 14.1. The van der Waals surface area contributed by atoms with E-state index < -0.39 is 17.7 Å². The predicted molar refractivity (Wildman–Crippen MR) is 81.0 cm³/mol. The summed E-state index contributed by atoms with van der Waals surface area (Å²) in [5, 5.41) is 3.13. The van der Waals surface area contributed by atoms with E-state index in [0.29, 0.717) is 6.54 Å². The van der Waals surface area contributed by atoms with E-state index in [1.165, 1.54) is 18.2 Å². The molecule has 0 bridgehead atoms. The molecular weight excluding hydrogens is 359 g/mol. The molecule has 1 N–H and O–H groups in total. The minimum Gasteiger partial charge on any atom is -0.306 e. The third kappa shape index (κ3) is 3.30. The molecule has 19 heavy (non-hydrogen) atoms. The van der Waals surface area contributed by atoms with Crippen molar-refractivity contribution in [2.45, 2.75) is 13.0 Å². The van der Waals surface area contributed by atoms with Crippen LogP contribution in [0.1, 0.15) is 24.1 Å². The molecule has 1 atom stereocenters. The smallest absolute Gasteiger partial charge is 0.131 e. The van der Waals surface area contributed by atoms with E-state index in [0.717, 1.165) is 9.13 Å². The molecule has 1 unspecified atom stereocenters. The first kappa shape index (κ1) is 14.4. The van der Waals surface area contributed by atoms with Crippen LogP contribution in [-0.4, -0.2) is 6.54 Å². The lowest BCUT2D eigenvalue weighted by molar-refractivity contribution is 0.510. The van der Waals surface area contributed by atoms with E-state index >= 15 is 0 Å². The Balaban J connectivity index is 2.48. The van der Waals surface area contributed by atoms with Crippen LogP contribution in [0.3, 0.4) is 0 Å². The molecule has 2 aromatic carbocycles. The summed E-state index contributed by atoms with van der Waals surface area (Å²) in [6.07, 6.45) is 0. The summed E-state index contributed by atoms with van der Waals surface area (Å²) in [5.41, 5.74) is 0.928. The molecule has 0 aliphatic carbocycles. The fraction of sp³-hybridized carbons (Fsp3) is 0.200. The van der Waals surface area contributed by atoms with Gasteiger partial charge in [-0.05, 0) is 59.0 Å². The van der Waals surface area contributed by atoms with Crippen LogP contribution in [0, 0.1) is 15.2 Å². The van der Waals surface area contributed by atoms with Gasteiger partial charge in [-0.15, -0.1) is 0 Å². The number of rotatable bonds is 4. The highest BCUT2D eigenvalue weighted by atomic mass is 127. The van der Waals surface area contributed by atoms with E-state index in [4.69, 9.17) is 0 Å². The Bertz CT molecular complexity index is 534. The van der Waals surface area contributed by atoms with Gasteiger partial charge in [0.05, 0.1) is 6.04 Å². The summed E-state index contributed by atoms with van der Waals surface area (Å²) < 4.78 is 28.9. The summed E-state index contributed by atoms with van der Waals surface area (Å²) in [5.74, 6) is -1.05. The van der Waals surface area contributed by atoms with E-state index in [2.05, 4.69) is 27.9 Å². The molecule has 0 spiro atoms. The van der Waals surface area contributed by atoms with Crippen molar-refractivity contribution in [3.05, 3.63) is 68.8 Å². The predicted octanol–water partition coefficient (Wildman–Crippen LogP) is 4.27. The van der Waals surface area contributed by atoms with Gasteiger partial charge in [0.15, 0.2) is 0 Å². The van der Waals surface area contributed by atoms with Crippen molar-refractivity contribution in [3.63, 3.8) is 0 Å². The second kappa shape index (κ2) is 6.43. The first-order valence-corrected chi connectivity index (χ1v) is 7.14. The Morgan fingerprint density at radius 2 is 1.63 bits per heavy atom. The van der Waals surface area contributed by atoms with Gasteiger partial charge in [-0.2, -0.15) is 0 Å². The minimum absolute atomic E-state index is 0.0746. The second-order valence-corrected chi connectivity index (χ2v) is 5.42. The highest BCUT2D eigenvalue weighted by Crippen LogP contribution is 2.27. The van der Waals surface area contributed by atoms with Crippen LogP contribution in [0.2, 0.25) is 0 Å². The Labute approximate surface area is 125 Å². The molecular formula is C15H14F2IN. The normalized spacial score (nSPS) is 12.4. The molecule has 0 amide bonds. The molecule has 0 aliphatic heterocycles. The van der Waals surface area contributed by atoms with Crippen LogP contribution in [0.4, 0.5) is 8.78 Å². The molecule has 2 rings (SSSR count). The van der Waals surface area contributed by atoms with Gasteiger partial charge < -0.3 is 5.32 Å². The summed E-state index contributed by atoms with van der Waals surface area (Å²) in [6.45, 7) is 2.54. The van der Waals surface area contributed by atoms with E-state index in [-0.39, 0.29) is 5.56 Å². The summed E-state index contributed by atoms with van der Waals surface area (Å²) in [6, 6.07) is 11.1. The number of nitrogens with one attached hydrogen (secondary N) is 1. The van der Waals surface area contributed by atoms with Crippen LogP contribution in [-0.2, 0) is 0 Å². The lowest BCUT2D eigenvalue weighted by Crippen LogP contribution is -2.24. The fourth-order valence-corrected chi connectivity index (χ4v) is 2.39. The summed E-state index contributed by atoms with van der Waals surface area (Å²) in [7, 11) is 0. The second-order valence-electron chi connectivity index (χ2n) is 4.18. The average molecular weight is 373 g/mol. The molecule has 0 aromatic heterocycles. The van der Waals surface area contributed by atoms with Crippen molar-refractivity contribution >= 4 is 22.6 Å². The van der Waals surface area contributed by atoms with Gasteiger partial charge in [0, 0.05) is 9.13 Å². The molecule has 1 nitrogen and oxygen atoms in total. The van der Waals surface area contributed by atoms with Crippen LogP contribution in [0.25, 0.3) is 0 Å². The van der Waals surface area contributed by atoms with E-state index in [1.807, 2.05) is 31.2 Å². The summed E-state index contributed by atoms with van der Waals surface area (Å²) >= 11 is 2.20. The zero-order valence-corrected chi connectivity index (χ0v) is 12.6. The maximum absolute atomic E-state index is 13.9. The molecule has 0 heterocycles. The Hall–Kier alpha value is -1.01. The monoisotopic (exact) mass is 373 g/mol. The van der Waals surface area contributed by atoms with Gasteiger partial charge in [0.2, 0.25) is 0 Å². The van der Waals surface area contributed by atoms with Crippen molar-refractivity contribution in [2.75, 3.05) is 6.54 Å². The van der Waals surface area contributed by atoms with Crippen molar-refractivity contribution in [3.8, 4) is 0 Å². The topological polar surface area (TPSA) is 12.0 Å². The molecule has 0 fully saturated rings. The fourth-order valence-electron chi connectivity index (χ4n) is 2.03. The molecule has 0 aliphatic rings. The van der Waals surface area contributed by atoms with Gasteiger partial charge in [-0.25, -0.2) is 8.78 Å². The van der Waals surface area contributed by atoms with E-state index in [9.17, 15) is 8.78 Å². The van der Waals surface area contributed by atoms with E-state index in [1.54, 1.807) is 0 Å². The number of benzene rings is 2. The van der Waals surface area contributed by atoms with Crippen molar-refractivity contribution in [1.82, 2.24) is 5.32 Å². The highest BCUT2D eigenvalue weighted by Gasteiger charge is 2.20. The van der Waals surface area contributed by atoms with Crippen LogP contribution < -0.4 is 5.32 Å². The van der Waals surface area contributed by atoms with Crippen LogP contribution in [0.5, 0.6) is 0 Å². The third-order valence-corrected chi connectivity index (χ3v) is 3.62. The Kier molecular flexibility index (Phi) is 4.87. The minimum atomic E-state index is -0.524. The molecule has 0 radical (unpaired) electrons. The third-order valence-electron chi connectivity index (χ3n) is 2.90. The van der Waals surface area contributed by atoms with Crippen molar-refractivity contribution in [2.24, 2.45) is 0 Å². The molecule has 4 heteroatoms. The van der Waals surface area contributed by atoms with Gasteiger partial charge in [-0.1, -0.05) is 25.1 Å². The SMILES string of the molecule is CCNC(c1ccc(I)cc1)c1c(F)cccc1F. The zero-order chi connectivity index (χ0) is 13.8. The first-order chi connectivity index (χ1) is 9.13. The lowest BCUT2D eigenvalue weighted by atomic mass is 9.97. The maximum Gasteiger partial charge on any atom is 0.131 e. The van der Waals surface area contributed by atoms with Crippen molar-refractivity contribution in [1.29, 1.82) is 0 Å². The van der Waals surface area contributed by atoms with Gasteiger partial charge in [-0.3, -0.25) is 0 Å². The zero-order valence-electron chi connectivity index (χ0n) is 10.5. The average Bonchev–Trinajstić information content (AvgIpc) is 2.38. The number of halogens is 3. The Morgan fingerprint density at radius 3 is 2.16 bits per heavy atom. The molecule has 0 saturated carbocycles. The standard InChI is InChI=1S/C15H14F2IN/c1-2-19-15(10-6-8-11(18)9-7-10)14-12(16)4-3-5-13(14)17/h3-9,15,19H,2H2,1H3. The number of hydrogen-bond donors (Lipinski definition) is 1. The molecule has 0 saturated heterocycles. The first-order valence-electron chi connectivity index (χ1n) is 6.06. The molecule has 100 valence electrons. The largest absolute Gasteiger partial charge is 0.306 e. The Morgan fingerprint density at radius 1 is 1.05 bits per heavy atom. The van der Waals surface area contributed by atoms with Gasteiger partial charge in [0.1, 0.15) is 11.6 Å². The lowest BCUT2D eigenvalue weighted by Gasteiger charge is -2.20. The number of hydrogen-bond acceptors (Lipinski definition) is 1. The van der Waals surface area contributed by atoms with Gasteiger partial charge >= 0.3 is 0 Å². The van der Waals surface area contributed by atoms with Crippen LogP contribution in [0.15, 0.2) is 42.5 Å². The summed E-state index contributed by atoms with van der Waals surface area (Å²) in [4.78, 5) is 0. The van der Waals surface area contributed by atoms with Gasteiger partial charge in [0.25, 0.3) is 0 Å².